The van der Waals surface area contributed by atoms with Gasteiger partial charge in [0.25, 0.3) is 0 Å². The van der Waals surface area contributed by atoms with Crippen LogP contribution in [0.15, 0.2) is 36.7 Å². The van der Waals surface area contributed by atoms with E-state index in [0.29, 0.717) is 6.42 Å². The molecule has 1 aliphatic rings. The number of ether oxygens (including phenoxy) is 1. The van der Waals surface area contributed by atoms with Gasteiger partial charge in [-0.15, -0.1) is 0 Å². The zero-order chi connectivity index (χ0) is 16.9. The van der Waals surface area contributed by atoms with E-state index in [1.807, 2.05) is 37.6 Å². The van der Waals surface area contributed by atoms with Crippen molar-refractivity contribution in [3.63, 3.8) is 0 Å². The van der Waals surface area contributed by atoms with Gasteiger partial charge in [0, 0.05) is 32.3 Å². The van der Waals surface area contributed by atoms with E-state index >= 15 is 0 Å². The molecule has 1 saturated heterocycles. The molecular formula is C19H25N3O2. The van der Waals surface area contributed by atoms with E-state index in [9.17, 15) is 4.79 Å². The molecule has 0 spiro atoms. The molecule has 0 saturated carbocycles. The summed E-state index contributed by atoms with van der Waals surface area (Å²) in [5, 5.41) is 4.16. The Labute approximate surface area is 143 Å². The first-order valence-electron chi connectivity index (χ1n) is 8.56. The highest BCUT2D eigenvalue weighted by Gasteiger charge is 2.29. The number of likely N-dealkylation sites (tertiary alicyclic amines) is 1. The van der Waals surface area contributed by atoms with Crippen molar-refractivity contribution >= 4 is 5.91 Å². The van der Waals surface area contributed by atoms with Crippen LogP contribution in [0.2, 0.25) is 0 Å². The molecule has 0 N–H and O–H groups in total. The number of aromatic nitrogens is 2. The largest absolute Gasteiger partial charge is 0.496 e. The van der Waals surface area contributed by atoms with Gasteiger partial charge in [-0.3, -0.25) is 9.48 Å². The summed E-state index contributed by atoms with van der Waals surface area (Å²) in [4.78, 5) is 14.7. The molecule has 2 aromatic rings. The molecule has 1 atom stereocenters. The second-order valence-corrected chi connectivity index (χ2v) is 6.42. The van der Waals surface area contributed by atoms with E-state index in [4.69, 9.17) is 4.74 Å². The molecule has 3 rings (SSSR count). The normalized spacial score (nSPS) is 17.2. The molecule has 0 unspecified atom stereocenters. The van der Waals surface area contributed by atoms with Gasteiger partial charge in [-0.05, 0) is 42.9 Å². The second-order valence-electron chi connectivity index (χ2n) is 6.42. The molecule has 128 valence electrons. The fourth-order valence-electron chi connectivity index (χ4n) is 3.50. The van der Waals surface area contributed by atoms with E-state index in [2.05, 4.69) is 16.1 Å². The van der Waals surface area contributed by atoms with Crippen LogP contribution >= 0.6 is 0 Å². The van der Waals surface area contributed by atoms with E-state index < -0.39 is 0 Å². The van der Waals surface area contributed by atoms with Crippen molar-refractivity contribution in [2.24, 2.45) is 7.05 Å². The van der Waals surface area contributed by atoms with Gasteiger partial charge in [-0.25, -0.2) is 0 Å². The number of amides is 1. The molecule has 2 heterocycles. The number of carbonyl (C=O) groups is 1. The minimum Gasteiger partial charge on any atom is -0.496 e. The molecule has 1 aromatic heterocycles. The first kappa shape index (κ1) is 16.6. The van der Waals surface area contributed by atoms with Crippen molar-refractivity contribution in [1.29, 1.82) is 0 Å². The minimum absolute atomic E-state index is 0.247. The Hall–Kier alpha value is -2.30. The number of hydrogen-bond donors (Lipinski definition) is 0. The Bertz CT molecular complexity index is 695. The SMILES string of the molecule is COc1ccccc1C[C@@H]1CCCN1C(=O)CCc1cnn(C)c1. The third-order valence-electron chi connectivity index (χ3n) is 4.73. The number of para-hydroxylation sites is 1. The minimum atomic E-state index is 0.247. The monoisotopic (exact) mass is 327 g/mol. The number of hydrogen-bond acceptors (Lipinski definition) is 3. The van der Waals surface area contributed by atoms with Crippen LogP contribution in [0.4, 0.5) is 0 Å². The van der Waals surface area contributed by atoms with Crippen molar-refractivity contribution < 1.29 is 9.53 Å². The number of nitrogens with zero attached hydrogens (tertiary/aromatic N) is 3. The highest BCUT2D eigenvalue weighted by Crippen LogP contribution is 2.26. The van der Waals surface area contributed by atoms with Gasteiger partial charge < -0.3 is 9.64 Å². The fraction of sp³-hybridized carbons (Fsp3) is 0.474. The van der Waals surface area contributed by atoms with Crippen molar-refractivity contribution in [2.45, 2.75) is 38.1 Å². The van der Waals surface area contributed by atoms with Crippen molar-refractivity contribution in [3.05, 3.63) is 47.8 Å². The number of carbonyl (C=O) groups excluding carboxylic acids is 1. The molecule has 1 aromatic carbocycles. The van der Waals surface area contributed by atoms with E-state index in [-0.39, 0.29) is 11.9 Å². The third-order valence-corrected chi connectivity index (χ3v) is 4.73. The first-order valence-corrected chi connectivity index (χ1v) is 8.56. The maximum atomic E-state index is 12.6. The molecule has 1 aliphatic heterocycles. The average molecular weight is 327 g/mol. The maximum Gasteiger partial charge on any atom is 0.223 e. The number of aryl methyl sites for hydroxylation is 2. The van der Waals surface area contributed by atoms with Crippen molar-refractivity contribution in [2.75, 3.05) is 13.7 Å². The lowest BCUT2D eigenvalue weighted by Crippen LogP contribution is -2.37. The first-order chi connectivity index (χ1) is 11.7. The van der Waals surface area contributed by atoms with Crippen LogP contribution in [0.3, 0.4) is 0 Å². The maximum absolute atomic E-state index is 12.6. The van der Waals surface area contributed by atoms with Crippen molar-refractivity contribution in [1.82, 2.24) is 14.7 Å². The standard InChI is InChI=1S/C19H25N3O2/c1-21-14-15(13-20-21)9-10-19(23)22-11-5-7-17(22)12-16-6-3-4-8-18(16)24-2/h3-4,6,8,13-14,17H,5,7,9-12H2,1-2H3/t17-/m0/s1. The molecule has 0 aliphatic carbocycles. The molecule has 5 heteroatoms. The Kier molecular flexibility index (Phi) is 5.18. The quantitative estimate of drug-likeness (QED) is 0.819. The summed E-state index contributed by atoms with van der Waals surface area (Å²) in [7, 11) is 3.60. The predicted octanol–water partition coefficient (Wildman–Crippen LogP) is 2.60. The van der Waals surface area contributed by atoms with Crippen LogP contribution in [0.5, 0.6) is 5.75 Å². The summed E-state index contributed by atoms with van der Waals surface area (Å²) in [5.41, 5.74) is 2.29. The van der Waals surface area contributed by atoms with Crippen LogP contribution in [0.25, 0.3) is 0 Å². The molecular weight excluding hydrogens is 302 g/mol. The molecule has 0 radical (unpaired) electrons. The Balaban J connectivity index is 1.61. The number of benzene rings is 1. The van der Waals surface area contributed by atoms with Gasteiger partial charge in [0.05, 0.1) is 13.3 Å². The van der Waals surface area contributed by atoms with Crippen LogP contribution in [-0.2, 0) is 24.7 Å². The second kappa shape index (κ2) is 7.51. The van der Waals surface area contributed by atoms with Gasteiger partial charge >= 0.3 is 0 Å². The molecule has 24 heavy (non-hydrogen) atoms. The lowest BCUT2D eigenvalue weighted by molar-refractivity contribution is -0.131. The summed E-state index contributed by atoms with van der Waals surface area (Å²) < 4.78 is 7.22. The molecule has 5 nitrogen and oxygen atoms in total. The summed E-state index contributed by atoms with van der Waals surface area (Å²) in [6.07, 6.45) is 8.13. The van der Waals surface area contributed by atoms with E-state index in [1.54, 1.807) is 11.8 Å². The smallest absolute Gasteiger partial charge is 0.223 e. The van der Waals surface area contributed by atoms with E-state index in [1.165, 1.54) is 5.56 Å². The summed E-state index contributed by atoms with van der Waals surface area (Å²) in [6.45, 7) is 0.867. The third kappa shape index (κ3) is 3.78. The Morgan fingerprint density at radius 2 is 2.21 bits per heavy atom. The van der Waals surface area contributed by atoms with Gasteiger partial charge in [-0.1, -0.05) is 18.2 Å². The summed E-state index contributed by atoms with van der Waals surface area (Å²) >= 11 is 0. The van der Waals surface area contributed by atoms with Crippen LogP contribution in [0, 0.1) is 0 Å². The topological polar surface area (TPSA) is 47.4 Å². The molecule has 1 fully saturated rings. The average Bonchev–Trinajstić information content (AvgIpc) is 3.22. The summed E-state index contributed by atoms with van der Waals surface area (Å²) in [6, 6.07) is 8.37. The number of rotatable bonds is 6. The fourth-order valence-corrected chi connectivity index (χ4v) is 3.50. The molecule has 1 amide bonds. The van der Waals surface area contributed by atoms with Crippen LogP contribution < -0.4 is 4.74 Å². The van der Waals surface area contributed by atoms with Crippen molar-refractivity contribution in [3.8, 4) is 5.75 Å². The van der Waals surface area contributed by atoms with Gasteiger partial charge in [-0.2, -0.15) is 5.10 Å². The van der Waals surface area contributed by atoms with Gasteiger partial charge in [0.2, 0.25) is 5.91 Å². The highest BCUT2D eigenvalue weighted by molar-refractivity contribution is 5.77. The van der Waals surface area contributed by atoms with Gasteiger partial charge in [0.1, 0.15) is 5.75 Å². The lowest BCUT2D eigenvalue weighted by atomic mass is 10.0. The highest BCUT2D eigenvalue weighted by atomic mass is 16.5. The van der Waals surface area contributed by atoms with E-state index in [0.717, 1.165) is 43.5 Å². The molecule has 0 bridgehead atoms. The Morgan fingerprint density at radius 1 is 1.38 bits per heavy atom. The van der Waals surface area contributed by atoms with Crippen LogP contribution in [0.1, 0.15) is 30.4 Å². The van der Waals surface area contributed by atoms with Crippen LogP contribution in [-0.4, -0.2) is 40.3 Å². The van der Waals surface area contributed by atoms with Gasteiger partial charge in [0.15, 0.2) is 0 Å². The predicted molar refractivity (Wildman–Crippen MR) is 93.0 cm³/mol. The zero-order valence-electron chi connectivity index (χ0n) is 14.4. The Morgan fingerprint density at radius 3 is 2.96 bits per heavy atom. The number of methoxy groups -OCH3 is 1. The summed E-state index contributed by atoms with van der Waals surface area (Å²) in [5.74, 6) is 1.16. The zero-order valence-corrected chi connectivity index (χ0v) is 14.4. The lowest BCUT2D eigenvalue weighted by Gasteiger charge is -2.25.